The lowest BCUT2D eigenvalue weighted by molar-refractivity contribution is 0.188. The predicted octanol–water partition coefficient (Wildman–Crippen LogP) is 2.54. The van der Waals surface area contributed by atoms with Crippen LogP contribution in [0.3, 0.4) is 0 Å². The third-order valence-electron chi connectivity index (χ3n) is 2.48. The molecule has 1 heterocycles. The van der Waals surface area contributed by atoms with Gasteiger partial charge in [0.25, 0.3) is 0 Å². The van der Waals surface area contributed by atoms with Crippen molar-refractivity contribution < 1.29 is 9.47 Å². The largest absolute Gasteiger partial charge is 0.493 e. The zero-order chi connectivity index (χ0) is 12.5. The average Bonchev–Trinajstić information content (AvgIpc) is 2.82. The Morgan fingerprint density at radius 2 is 2.29 bits per heavy atom. The monoisotopic (exact) mass is 235 g/mol. The van der Waals surface area contributed by atoms with E-state index in [-0.39, 0.29) is 0 Å². The van der Waals surface area contributed by atoms with Crippen molar-refractivity contribution in [3.8, 4) is 0 Å². The van der Waals surface area contributed by atoms with E-state index in [0.29, 0.717) is 18.1 Å². The number of ether oxygens (including phenoxy) is 2. The number of allylic oxidation sites excluding steroid dienone is 4. The van der Waals surface area contributed by atoms with Gasteiger partial charge in [-0.2, -0.15) is 0 Å². The SMILES string of the molecule is C=C(OCC)\C(=C/C=C\C=C1\CCNC1)OC. The highest BCUT2D eigenvalue weighted by atomic mass is 16.5. The van der Waals surface area contributed by atoms with Gasteiger partial charge in [0.1, 0.15) is 0 Å². The van der Waals surface area contributed by atoms with Crippen molar-refractivity contribution in [1.29, 1.82) is 0 Å². The van der Waals surface area contributed by atoms with Gasteiger partial charge < -0.3 is 14.8 Å². The summed E-state index contributed by atoms with van der Waals surface area (Å²) >= 11 is 0. The molecule has 0 saturated carbocycles. The fraction of sp³-hybridized carbons (Fsp3) is 0.429. The lowest BCUT2D eigenvalue weighted by atomic mass is 10.2. The van der Waals surface area contributed by atoms with E-state index in [1.165, 1.54) is 5.57 Å². The van der Waals surface area contributed by atoms with E-state index in [2.05, 4.69) is 18.0 Å². The van der Waals surface area contributed by atoms with Gasteiger partial charge >= 0.3 is 0 Å². The molecule has 17 heavy (non-hydrogen) atoms. The van der Waals surface area contributed by atoms with Gasteiger partial charge in [-0.15, -0.1) is 0 Å². The van der Waals surface area contributed by atoms with Gasteiger partial charge in [-0.05, 0) is 26.0 Å². The van der Waals surface area contributed by atoms with E-state index in [0.717, 1.165) is 19.5 Å². The van der Waals surface area contributed by atoms with Crippen LogP contribution in [0.5, 0.6) is 0 Å². The summed E-state index contributed by atoms with van der Waals surface area (Å²) in [5.74, 6) is 1.22. The molecule has 3 nitrogen and oxygen atoms in total. The molecule has 1 N–H and O–H groups in total. The van der Waals surface area contributed by atoms with Gasteiger partial charge in [-0.25, -0.2) is 0 Å². The van der Waals surface area contributed by atoms with Crippen molar-refractivity contribution in [2.24, 2.45) is 0 Å². The number of rotatable bonds is 6. The Labute approximate surface area is 103 Å². The molecule has 0 unspecified atom stereocenters. The lowest BCUT2D eigenvalue weighted by Gasteiger charge is -2.08. The van der Waals surface area contributed by atoms with Crippen LogP contribution in [0, 0.1) is 0 Å². The molecule has 3 heteroatoms. The van der Waals surface area contributed by atoms with Gasteiger partial charge in [0.2, 0.25) is 0 Å². The van der Waals surface area contributed by atoms with E-state index in [9.17, 15) is 0 Å². The Morgan fingerprint density at radius 3 is 2.88 bits per heavy atom. The first-order chi connectivity index (χ1) is 8.27. The zero-order valence-corrected chi connectivity index (χ0v) is 10.7. The topological polar surface area (TPSA) is 30.5 Å². The highest BCUT2D eigenvalue weighted by Crippen LogP contribution is 2.10. The molecular weight excluding hydrogens is 214 g/mol. The molecule has 0 bridgehead atoms. The Bertz CT molecular complexity index is 332. The van der Waals surface area contributed by atoms with E-state index in [4.69, 9.17) is 9.47 Å². The molecule has 1 aliphatic heterocycles. The van der Waals surface area contributed by atoms with Crippen molar-refractivity contribution in [1.82, 2.24) is 5.32 Å². The molecular formula is C14H21NO2. The summed E-state index contributed by atoms with van der Waals surface area (Å²) in [6.07, 6.45) is 9.08. The number of hydrogen-bond acceptors (Lipinski definition) is 3. The van der Waals surface area contributed by atoms with Crippen LogP contribution in [0.2, 0.25) is 0 Å². The van der Waals surface area contributed by atoms with Crippen molar-refractivity contribution in [3.63, 3.8) is 0 Å². The minimum Gasteiger partial charge on any atom is -0.493 e. The van der Waals surface area contributed by atoms with Gasteiger partial charge in [0.15, 0.2) is 11.5 Å². The van der Waals surface area contributed by atoms with Gasteiger partial charge in [0, 0.05) is 6.54 Å². The molecule has 1 aliphatic rings. The quantitative estimate of drug-likeness (QED) is 0.567. The molecule has 0 aromatic heterocycles. The van der Waals surface area contributed by atoms with Crippen molar-refractivity contribution >= 4 is 0 Å². The first kappa shape index (κ1) is 13.6. The minimum atomic E-state index is 0.565. The van der Waals surface area contributed by atoms with Crippen LogP contribution in [0.4, 0.5) is 0 Å². The summed E-state index contributed by atoms with van der Waals surface area (Å²) in [6.45, 7) is 8.40. The van der Waals surface area contributed by atoms with Crippen molar-refractivity contribution in [3.05, 3.63) is 48.0 Å². The maximum absolute atomic E-state index is 5.28. The number of methoxy groups -OCH3 is 1. The van der Waals surface area contributed by atoms with Crippen molar-refractivity contribution in [2.45, 2.75) is 13.3 Å². The standard InChI is InChI=1S/C14H21NO2/c1-4-17-12(2)14(16-3)8-6-5-7-13-9-10-15-11-13/h5-8,15H,2,4,9-11H2,1,3H3/b6-5-,13-7-,14-8+. The predicted molar refractivity (Wildman–Crippen MR) is 70.6 cm³/mol. The first-order valence-electron chi connectivity index (χ1n) is 5.91. The molecule has 1 rings (SSSR count). The summed E-state index contributed by atoms with van der Waals surface area (Å²) in [4.78, 5) is 0. The Morgan fingerprint density at radius 1 is 1.47 bits per heavy atom. The second-order valence-electron chi connectivity index (χ2n) is 3.73. The van der Waals surface area contributed by atoms with E-state index >= 15 is 0 Å². The third-order valence-corrected chi connectivity index (χ3v) is 2.48. The maximum atomic E-state index is 5.28. The zero-order valence-electron chi connectivity index (χ0n) is 10.7. The van der Waals surface area contributed by atoms with Crippen LogP contribution in [-0.2, 0) is 9.47 Å². The fourth-order valence-corrected chi connectivity index (χ4v) is 1.58. The molecule has 0 aliphatic carbocycles. The second kappa shape index (κ2) is 7.74. The van der Waals surface area contributed by atoms with E-state index in [1.807, 2.05) is 25.2 Å². The number of hydrogen-bond donors (Lipinski definition) is 1. The van der Waals surface area contributed by atoms with Gasteiger partial charge in [-0.3, -0.25) is 0 Å². The fourth-order valence-electron chi connectivity index (χ4n) is 1.58. The molecule has 1 fully saturated rings. The summed E-state index contributed by atoms with van der Waals surface area (Å²) in [6, 6.07) is 0. The smallest absolute Gasteiger partial charge is 0.160 e. The summed E-state index contributed by atoms with van der Waals surface area (Å²) in [5, 5.41) is 3.29. The number of nitrogens with one attached hydrogen (secondary N) is 1. The van der Waals surface area contributed by atoms with Crippen LogP contribution >= 0.6 is 0 Å². The Balaban J connectivity index is 2.51. The lowest BCUT2D eigenvalue weighted by Crippen LogP contribution is -2.04. The van der Waals surface area contributed by atoms with Crippen LogP contribution in [-0.4, -0.2) is 26.8 Å². The molecule has 0 atom stereocenters. The molecule has 1 saturated heterocycles. The van der Waals surface area contributed by atoms with Gasteiger partial charge in [0.05, 0.1) is 13.7 Å². The van der Waals surface area contributed by atoms with Crippen LogP contribution in [0.25, 0.3) is 0 Å². The maximum Gasteiger partial charge on any atom is 0.160 e. The molecule has 0 spiro atoms. The van der Waals surface area contributed by atoms with Gasteiger partial charge in [-0.1, -0.05) is 30.4 Å². The first-order valence-corrected chi connectivity index (χ1v) is 5.91. The second-order valence-corrected chi connectivity index (χ2v) is 3.73. The van der Waals surface area contributed by atoms with Crippen LogP contribution in [0.1, 0.15) is 13.3 Å². The third kappa shape index (κ3) is 4.91. The van der Waals surface area contributed by atoms with Crippen LogP contribution in [0.15, 0.2) is 48.0 Å². The molecule has 0 aromatic rings. The van der Waals surface area contributed by atoms with E-state index in [1.54, 1.807) is 7.11 Å². The normalized spacial score (nSPS) is 18.9. The highest BCUT2D eigenvalue weighted by molar-refractivity contribution is 5.25. The van der Waals surface area contributed by atoms with Crippen LogP contribution < -0.4 is 5.32 Å². The Kier molecular flexibility index (Phi) is 6.18. The molecule has 0 aromatic carbocycles. The average molecular weight is 235 g/mol. The molecule has 94 valence electrons. The summed E-state index contributed by atoms with van der Waals surface area (Å²) in [7, 11) is 1.61. The summed E-state index contributed by atoms with van der Waals surface area (Å²) in [5.41, 5.74) is 1.43. The molecule has 0 radical (unpaired) electrons. The minimum absolute atomic E-state index is 0.565. The van der Waals surface area contributed by atoms with E-state index < -0.39 is 0 Å². The van der Waals surface area contributed by atoms with Crippen molar-refractivity contribution in [2.75, 3.05) is 26.8 Å². The summed E-state index contributed by atoms with van der Waals surface area (Å²) < 4.78 is 10.5. The highest BCUT2D eigenvalue weighted by Gasteiger charge is 2.03. The molecule has 0 amide bonds. The Hall–Kier alpha value is -1.48.